The first-order valence-corrected chi connectivity index (χ1v) is 9.86. The Kier molecular flexibility index (Phi) is 5.86. The van der Waals surface area contributed by atoms with Gasteiger partial charge >= 0.3 is 13.3 Å². The maximum absolute atomic E-state index is 11.7. The maximum atomic E-state index is 11.7. The lowest BCUT2D eigenvalue weighted by Crippen LogP contribution is -2.41. The molecule has 3 fully saturated rings. The SMILES string of the molecule is CC1(C)OB(C=CCCC[C@@H]2C[C@H]2OC(=O)ON2C(=O)CCC2=O)OC1(C)C. The van der Waals surface area contributed by atoms with Crippen LogP contribution in [0.15, 0.2) is 12.1 Å². The van der Waals surface area contributed by atoms with E-state index in [1.54, 1.807) is 0 Å². The van der Waals surface area contributed by atoms with Crippen LogP contribution in [0, 0.1) is 5.92 Å². The molecular weight excluding hydrogens is 365 g/mol. The third kappa shape index (κ3) is 4.75. The molecule has 1 saturated carbocycles. The molecule has 0 aromatic heterocycles. The van der Waals surface area contributed by atoms with Crippen LogP contribution >= 0.6 is 0 Å². The van der Waals surface area contributed by atoms with Gasteiger partial charge in [-0.25, -0.2) is 4.79 Å². The Morgan fingerprint density at radius 3 is 2.39 bits per heavy atom. The summed E-state index contributed by atoms with van der Waals surface area (Å²) in [5.41, 5.74) is -0.668. The molecule has 0 bridgehead atoms. The van der Waals surface area contributed by atoms with E-state index in [4.69, 9.17) is 18.9 Å². The first-order chi connectivity index (χ1) is 13.1. The van der Waals surface area contributed by atoms with Crippen LogP contribution in [0.25, 0.3) is 0 Å². The maximum Gasteiger partial charge on any atom is 0.534 e. The van der Waals surface area contributed by atoms with Crippen molar-refractivity contribution in [2.75, 3.05) is 0 Å². The Labute approximate surface area is 165 Å². The number of carbonyl (C=O) groups excluding carboxylic acids is 3. The van der Waals surface area contributed by atoms with Crippen molar-refractivity contribution in [2.45, 2.75) is 83.5 Å². The van der Waals surface area contributed by atoms with Gasteiger partial charge in [0.2, 0.25) is 0 Å². The van der Waals surface area contributed by atoms with Gasteiger partial charge in [-0.05, 0) is 59.3 Å². The molecule has 3 aliphatic rings. The second-order valence-electron chi connectivity index (χ2n) is 8.56. The lowest BCUT2D eigenvalue weighted by Gasteiger charge is -2.32. The van der Waals surface area contributed by atoms with Gasteiger partial charge in [-0.1, -0.05) is 17.1 Å². The molecule has 0 spiro atoms. The zero-order chi connectivity index (χ0) is 20.5. The quantitative estimate of drug-likeness (QED) is 0.284. The number of carbonyl (C=O) groups is 3. The molecule has 1 aliphatic carbocycles. The van der Waals surface area contributed by atoms with Crippen molar-refractivity contribution in [3.05, 3.63) is 12.1 Å². The molecule has 0 radical (unpaired) electrons. The molecule has 0 aromatic rings. The zero-order valence-electron chi connectivity index (χ0n) is 16.9. The van der Waals surface area contributed by atoms with E-state index in [0.29, 0.717) is 11.0 Å². The Balaban J connectivity index is 1.29. The Hall–Kier alpha value is -1.87. The van der Waals surface area contributed by atoms with Gasteiger partial charge in [0.15, 0.2) is 0 Å². The fraction of sp³-hybridized carbons (Fsp3) is 0.737. The molecule has 2 heterocycles. The normalized spacial score (nSPS) is 28.3. The van der Waals surface area contributed by atoms with Crippen LogP contribution in [0.4, 0.5) is 4.79 Å². The van der Waals surface area contributed by atoms with Gasteiger partial charge in [0, 0.05) is 12.8 Å². The molecule has 2 saturated heterocycles. The molecule has 0 unspecified atom stereocenters. The van der Waals surface area contributed by atoms with Gasteiger partial charge in [-0.3, -0.25) is 14.4 Å². The summed E-state index contributed by atoms with van der Waals surface area (Å²) in [6.07, 6.45) is 4.54. The summed E-state index contributed by atoms with van der Waals surface area (Å²) < 4.78 is 17.0. The highest BCUT2D eigenvalue weighted by Crippen LogP contribution is 2.39. The van der Waals surface area contributed by atoms with Crippen molar-refractivity contribution >= 4 is 25.1 Å². The van der Waals surface area contributed by atoms with Gasteiger partial charge in [0.05, 0.1) is 11.2 Å². The van der Waals surface area contributed by atoms with Gasteiger partial charge in [0.25, 0.3) is 11.8 Å². The third-order valence-electron chi connectivity index (χ3n) is 5.79. The minimum atomic E-state index is -0.989. The predicted octanol–water partition coefficient (Wildman–Crippen LogP) is 2.95. The summed E-state index contributed by atoms with van der Waals surface area (Å²) in [6.45, 7) is 8.09. The summed E-state index contributed by atoms with van der Waals surface area (Å²) in [5.74, 6) is 1.22. The molecule has 2 aliphatic heterocycles. The van der Waals surface area contributed by atoms with E-state index in [-0.39, 0.29) is 37.3 Å². The molecule has 2 atom stereocenters. The highest BCUT2D eigenvalue weighted by atomic mass is 16.8. The monoisotopic (exact) mass is 393 g/mol. The Morgan fingerprint density at radius 1 is 1.18 bits per heavy atom. The number of allylic oxidation sites excluding steroid dienone is 1. The number of hydrogen-bond donors (Lipinski definition) is 0. The van der Waals surface area contributed by atoms with E-state index in [1.807, 2.05) is 33.7 Å². The molecule has 0 N–H and O–H groups in total. The van der Waals surface area contributed by atoms with E-state index in [9.17, 15) is 14.4 Å². The van der Waals surface area contributed by atoms with E-state index < -0.39 is 18.0 Å². The fourth-order valence-corrected chi connectivity index (χ4v) is 3.22. The van der Waals surface area contributed by atoms with Crippen LogP contribution in [-0.2, 0) is 28.5 Å². The Morgan fingerprint density at radius 2 is 1.79 bits per heavy atom. The number of hydrogen-bond acceptors (Lipinski definition) is 7. The fourth-order valence-electron chi connectivity index (χ4n) is 3.22. The highest BCUT2D eigenvalue weighted by molar-refractivity contribution is 6.51. The molecule has 2 amide bonds. The van der Waals surface area contributed by atoms with Gasteiger partial charge in [-0.15, -0.1) is 0 Å². The van der Waals surface area contributed by atoms with Crippen molar-refractivity contribution in [3.8, 4) is 0 Å². The predicted molar refractivity (Wildman–Crippen MR) is 99.6 cm³/mol. The second kappa shape index (κ2) is 7.87. The molecule has 3 rings (SSSR count). The van der Waals surface area contributed by atoms with Gasteiger partial charge in [-0.2, -0.15) is 0 Å². The smallest absolute Gasteiger partial charge is 0.429 e. The van der Waals surface area contributed by atoms with E-state index in [0.717, 1.165) is 25.7 Å². The van der Waals surface area contributed by atoms with Crippen LogP contribution in [-0.4, -0.2) is 47.5 Å². The van der Waals surface area contributed by atoms with E-state index in [1.165, 1.54) is 0 Å². The molecule has 28 heavy (non-hydrogen) atoms. The van der Waals surface area contributed by atoms with Gasteiger partial charge in [0.1, 0.15) is 6.10 Å². The number of nitrogens with zero attached hydrogens (tertiary/aromatic N) is 1. The molecule has 0 aromatic carbocycles. The van der Waals surface area contributed by atoms with E-state index in [2.05, 4.69) is 6.08 Å². The van der Waals surface area contributed by atoms with E-state index >= 15 is 0 Å². The number of ether oxygens (including phenoxy) is 1. The van der Waals surface area contributed by atoms with Crippen LogP contribution in [0.1, 0.15) is 66.2 Å². The number of rotatable bonds is 7. The standard InChI is InChI=1S/C19H28BNO7/c1-18(2)19(3,4)28-20(27-18)11-7-5-6-8-13-12-14(13)25-17(24)26-21-15(22)9-10-16(21)23/h7,11,13-14H,5-6,8-10,12H2,1-4H3/t13-,14-/m1/s1. The minimum absolute atomic E-state index is 0.0671. The number of imide groups is 1. The van der Waals surface area contributed by atoms with Crippen LogP contribution < -0.4 is 0 Å². The summed E-state index contributed by atoms with van der Waals surface area (Å²) in [7, 11) is -0.326. The Bertz CT molecular complexity index is 643. The molecule has 8 nitrogen and oxygen atoms in total. The van der Waals surface area contributed by atoms with Crippen molar-refractivity contribution < 1.29 is 33.3 Å². The second-order valence-corrected chi connectivity index (χ2v) is 8.56. The summed E-state index contributed by atoms with van der Waals surface area (Å²) >= 11 is 0. The first-order valence-electron chi connectivity index (χ1n) is 9.86. The number of amides is 2. The molecular formula is C19H28BNO7. The lowest BCUT2D eigenvalue weighted by molar-refractivity contribution is -0.177. The minimum Gasteiger partial charge on any atom is -0.429 e. The van der Waals surface area contributed by atoms with Crippen molar-refractivity contribution in [3.63, 3.8) is 0 Å². The molecule has 154 valence electrons. The van der Waals surface area contributed by atoms with Crippen LogP contribution in [0.5, 0.6) is 0 Å². The zero-order valence-corrected chi connectivity index (χ0v) is 16.9. The lowest BCUT2D eigenvalue weighted by atomic mass is 9.89. The molecule has 9 heteroatoms. The third-order valence-corrected chi connectivity index (χ3v) is 5.79. The summed E-state index contributed by atoms with van der Waals surface area (Å²) in [4.78, 5) is 39.2. The number of hydroxylamine groups is 2. The first kappa shape index (κ1) is 20.9. The van der Waals surface area contributed by atoms with Crippen LogP contribution in [0.2, 0.25) is 0 Å². The largest absolute Gasteiger partial charge is 0.534 e. The van der Waals surface area contributed by atoms with Gasteiger partial charge < -0.3 is 14.0 Å². The van der Waals surface area contributed by atoms with Crippen molar-refractivity contribution in [2.24, 2.45) is 5.92 Å². The number of unbranched alkanes of at least 4 members (excludes halogenated alkanes) is 1. The average Bonchev–Trinajstić information content (AvgIpc) is 3.19. The summed E-state index contributed by atoms with van der Waals surface area (Å²) in [6, 6.07) is 0. The van der Waals surface area contributed by atoms with Crippen molar-refractivity contribution in [1.29, 1.82) is 0 Å². The van der Waals surface area contributed by atoms with Crippen LogP contribution in [0.3, 0.4) is 0 Å². The highest BCUT2D eigenvalue weighted by Gasteiger charge is 2.50. The topological polar surface area (TPSA) is 91.4 Å². The summed E-state index contributed by atoms with van der Waals surface area (Å²) in [5, 5.41) is 0.500. The van der Waals surface area contributed by atoms with Crippen molar-refractivity contribution in [1.82, 2.24) is 5.06 Å². The average molecular weight is 393 g/mol.